The van der Waals surface area contributed by atoms with Crippen LogP contribution in [0.15, 0.2) is 54.9 Å². The molecule has 0 radical (unpaired) electrons. The van der Waals surface area contributed by atoms with E-state index < -0.39 is 0 Å². The fourth-order valence-corrected chi connectivity index (χ4v) is 5.17. The third-order valence-corrected chi connectivity index (χ3v) is 7.25. The Labute approximate surface area is 213 Å². The fourth-order valence-electron chi connectivity index (χ4n) is 5.17. The Morgan fingerprint density at radius 2 is 1.81 bits per heavy atom. The molecule has 6 nitrogen and oxygen atoms in total. The molecule has 1 fully saturated rings. The van der Waals surface area contributed by atoms with Gasteiger partial charge in [0.05, 0.1) is 31.3 Å². The van der Waals surface area contributed by atoms with Crippen molar-refractivity contribution in [3.63, 3.8) is 0 Å². The van der Waals surface area contributed by atoms with E-state index in [9.17, 15) is 4.79 Å². The minimum Gasteiger partial charge on any atom is -0.480 e. The Morgan fingerprint density at radius 3 is 2.56 bits per heavy atom. The lowest BCUT2D eigenvalue weighted by Crippen LogP contribution is -2.37. The van der Waals surface area contributed by atoms with Gasteiger partial charge in [-0.05, 0) is 60.1 Å². The summed E-state index contributed by atoms with van der Waals surface area (Å²) < 4.78 is 10.7. The monoisotopic (exact) mass is 483 g/mol. The van der Waals surface area contributed by atoms with Gasteiger partial charge in [-0.2, -0.15) is 0 Å². The zero-order valence-corrected chi connectivity index (χ0v) is 21.1. The van der Waals surface area contributed by atoms with E-state index in [-0.39, 0.29) is 5.78 Å². The van der Waals surface area contributed by atoms with E-state index in [2.05, 4.69) is 45.2 Å². The summed E-state index contributed by atoms with van der Waals surface area (Å²) in [5.41, 5.74) is 6.98. The van der Waals surface area contributed by atoms with E-state index in [4.69, 9.17) is 9.47 Å². The van der Waals surface area contributed by atoms with Crippen LogP contribution in [0.25, 0.3) is 17.3 Å². The number of ketones is 1. The lowest BCUT2D eigenvalue weighted by molar-refractivity contribution is 0.0415. The minimum atomic E-state index is 0.166. The van der Waals surface area contributed by atoms with Crippen molar-refractivity contribution in [2.45, 2.75) is 38.2 Å². The molecule has 1 aliphatic carbocycles. The highest BCUT2D eigenvalue weighted by atomic mass is 16.5. The number of Topliss-reactive ketones (excluding diaryl/α,β-unsaturated/α-hetero) is 1. The Morgan fingerprint density at radius 1 is 1.03 bits per heavy atom. The fraction of sp³-hybridized carbons (Fsp3) is 0.367. The summed E-state index contributed by atoms with van der Waals surface area (Å²) in [4.78, 5) is 24.2. The lowest BCUT2D eigenvalue weighted by atomic mass is 9.86. The molecule has 1 saturated heterocycles. The Kier molecular flexibility index (Phi) is 7.54. The smallest absolute Gasteiger partial charge is 0.232 e. The van der Waals surface area contributed by atoms with Gasteiger partial charge in [0, 0.05) is 44.3 Å². The first-order chi connectivity index (χ1) is 17.6. The van der Waals surface area contributed by atoms with Crippen LogP contribution < -0.4 is 4.74 Å². The highest BCUT2D eigenvalue weighted by Crippen LogP contribution is 2.31. The topological polar surface area (TPSA) is 64.6 Å². The number of allylic oxidation sites excluding steroid dienone is 1. The molecule has 3 aromatic rings. The molecular weight excluding hydrogens is 450 g/mol. The lowest BCUT2D eigenvalue weighted by Gasteiger charge is -2.31. The van der Waals surface area contributed by atoms with E-state index >= 15 is 0 Å². The van der Waals surface area contributed by atoms with Crippen LogP contribution in [0.3, 0.4) is 0 Å². The number of hydrogen-bond donors (Lipinski definition) is 0. The van der Waals surface area contributed by atoms with Crippen LogP contribution in [-0.2, 0) is 17.6 Å². The predicted molar refractivity (Wildman–Crippen MR) is 141 cm³/mol. The molecule has 0 bridgehead atoms. The first-order valence-corrected chi connectivity index (χ1v) is 12.7. The largest absolute Gasteiger partial charge is 0.480 e. The standard InChI is InChI=1S/C30H33N3O3/c1-35-26-11-14-33(15-12-26)13-10-21-6-8-22(9-7-21)16-25-18-24(27-19-31-20-29(32-27)36-2)17-23-4-3-5-28(34)30(23)25/h3-4,6-9,17-20,26H,5,10-16H2,1-2H3. The molecule has 186 valence electrons. The van der Waals surface area contributed by atoms with Crippen LogP contribution in [0.4, 0.5) is 0 Å². The summed E-state index contributed by atoms with van der Waals surface area (Å²) in [6.07, 6.45) is 12.1. The Balaban J connectivity index is 1.33. The average Bonchev–Trinajstić information content (AvgIpc) is 2.93. The van der Waals surface area contributed by atoms with Crippen LogP contribution in [0.2, 0.25) is 0 Å². The summed E-state index contributed by atoms with van der Waals surface area (Å²) in [5.74, 6) is 0.636. The van der Waals surface area contributed by atoms with Crippen molar-refractivity contribution in [2.75, 3.05) is 33.9 Å². The maximum absolute atomic E-state index is 12.9. The number of carbonyl (C=O) groups excluding carboxylic acids is 1. The average molecular weight is 484 g/mol. The predicted octanol–water partition coefficient (Wildman–Crippen LogP) is 5.00. The second-order valence-electron chi connectivity index (χ2n) is 9.60. The summed E-state index contributed by atoms with van der Waals surface area (Å²) in [7, 11) is 3.40. The van der Waals surface area contributed by atoms with Crippen molar-refractivity contribution in [1.29, 1.82) is 0 Å². The summed E-state index contributed by atoms with van der Waals surface area (Å²) in [5, 5.41) is 0. The molecule has 1 aromatic heterocycles. The number of methoxy groups -OCH3 is 2. The van der Waals surface area contributed by atoms with Gasteiger partial charge in [-0.15, -0.1) is 0 Å². The molecule has 2 heterocycles. The molecule has 0 unspecified atom stereocenters. The Hall–Kier alpha value is -3.35. The summed E-state index contributed by atoms with van der Waals surface area (Å²) >= 11 is 0. The summed E-state index contributed by atoms with van der Waals surface area (Å²) in [6.45, 7) is 3.30. The third kappa shape index (κ3) is 5.55. The highest BCUT2D eigenvalue weighted by molar-refractivity contribution is 6.04. The van der Waals surface area contributed by atoms with Gasteiger partial charge in [-0.1, -0.05) is 36.4 Å². The second-order valence-corrected chi connectivity index (χ2v) is 9.60. The van der Waals surface area contributed by atoms with Crippen molar-refractivity contribution >= 4 is 11.9 Å². The molecule has 0 N–H and O–H groups in total. The first kappa shape index (κ1) is 24.3. The number of likely N-dealkylation sites (tertiary alicyclic amines) is 1. The van der Waals surface area contributed by atoms with E-state index in [0.29, 0.717) is 24.8 Å². The van der Waals surface area contributed by atoms with Gasteiger partial charge in [0.15, 0.2) is 5.78 Å². The quantitative estimate of drug-likeness (QED) is 0.450. The zero-order chi connectivity index (χ0) is 24.9. The van der Waals surface area contributed by atoms with Crippen LogP contribution in [0, 0.1) is 0 Å². The van der Waals surface area contributed by atoms with Gasteiger partial charge in [-0.25, -0.2) is 4.98 Å². The van der Waals surface area contributed by atoms with Crippen molar-refractivity contribution in [2.24, 2.45) is 0 Å². The molecule has 1 aliphatic heterocycles. The molecule has 0 spiro atoms. The second kappa shape index (κ2) is 11.1. The van der Waals surface area contributed by atoms with E-state index in [1.165, 1.54) is 11.1 Å². The molecule has 2 aliphatic rings. The van der Waals surface area contributed by atoms with Crippen LogP contribution in [0.5, 0.6) is 5.88 Å². The first-order valence-electron chi connectivity index (χ1n) is 12.7. The van der Waals surface area contributed by atoms with Gasteiger partial charge in [0.1, 0.15) is 0 Å². The number of fused-ring (bicyclic) bond motifs is 1. The number of aromatic nitrogens is 2. The molecule has 6 heteroatoms. The Bertz CT molecular complexity index is 1240. The molecule has 0 atom stereocenters. The van der Waals surface area contributed by atoms with E-state index in [1.807, 2.05) is 25.3 Å². The maximum atomic E-state index is 12.9. The van der Waals surface area contributed by atoms with E-state index in [1.54, 1.807) is 19.5 Å². The number of nitrogens with zero attached hydrogens (tertiary/aromatic N) is 3. The van der Waals surface area contributed by atoms with Crippen LogP contribution in [0.1, 0.15) is 51.9 Å². The normalized spacial score (nSPS) is 16.2. The van der Waals surface area contributed by atoms with Crippen molar-refractivity contribution < 1.29 is 14.3 Å². The molecule has 5 rings (SSSR count). The summed E-state index contributed by atoms with van der Waals surface area (Å²) in [6, 6.07) is 12.9. The van der Waals surface area contributed by atoms with Crippen molar-refractivity contribution in [3.8, 4) is 17.1 Å². The number of piperidine rings is 1. The number of ether oxygens (including phenoxy) is 2. The SMILES string of the molecule is COc1cncc(-c2cc3c(c(Cc4ccc(CCN5CCC(OC)CC5)cc4)c2)C(=O)CC=C3)n1. The van der Waals surface area contributed by atoms with Crippen molar-refractivity contribution in [1.82, 2.24) is 14.9 Å². The number of carbonyl (C=O) groups is 1. The minimum absolute atomic E-state index is 0.166. The molecule has 2 aromatic carbocycles. The van der Waals surface area contributed by atoms with Gasteiger partial charge in [0.25, 0.3) is 0 Å². The molecule has 0 saturated carbocycles. The molecular formula is C30H33N3O3. The number of benzene rings is 2. The van der Waals surface area contributed by atoms with Crippen LogP contribution >= 0.6 is 0 Å². The van der Waals surface area contributed by atoms with Gasteiger partial charge in [0.2, 0.25) is 5.88 Å². The maximum Gasteiger partial charge on any atom is 0.232 e. The molecule has 0 amide bonds. The number of rotatable bonds is 8. The van der Waals surface area contributed by atoms with Crippen LogP contribution in [-0.4, -0.2) is 60.6 Å². The van der Waals surface area contributed by atoms with Gasteiger partial charge in [-0.3, -0.25) is 9.78 Å². The van der Waals surface area contributed by atoms with E-state index in [0.717, 1.165) is 66.8 Å². The number of hydrogen-bond acceptors (Lipinski definition) is 6. The highest BCUT2D eigenvalue weighted by Gasteiger charge is 2.21. The molecule has 36 heavy (non-hydrogen) atoms. The zero-order valence-electron chi connectivity index (χ0n) is 21.1. The van der Waals surface area contributed by atoms with Gasteiger partial charge >= 0.3 is 0 Å². The third-order valence-electron chi connectivity index (χ3n) is 7.25. The van der Waals surface area contributed by atoms with Crippen molar-refractivity contribution in [3.05, 3.63) is 82.7 Å². The van der Waals surface area contributed by atoms with Gasteiger partial charge < -0.3 is 14.4 Å².